The van der Waals surface area contributed by atoms with E-state index >= 15 is 0 Å². The molecule has 0 unspecified atom stereocenters. The summed E-state index contributed by atoms with van der Waals surface area (Å²) in [6.45, 7) is 8.02. The highest BCUT2D eigenvalue weighted by Gasteiger charge is 2.17. The van der Waals surface area contributed by atoms with Gasteiger partial charge in [-0.3, -0.25) is 4.79 Å². The molecule has 0 saturated carbocycles. The highest BCUT2D eigenvalue weighted by Crippen LogP contribution is 2.24. The fourth-order valence-electron chi connectivity index (χ4n) is 2.18. The lowest BCUT2D eigenvalue weighted by atomic mass is 10.1. The van der Waals surface area contributed by atoms with Gasteiger partial charge in [-0.1, -0.05) is 39.0 Å². The molecular weight excluding hydrogens is 252 g/mol. The van der Waals surface area contributed by atoms with E-state index in [9.17, 15) is 4.79 Å². The molecule has 4 nitrogen and oxygen atoms in total. The van der Waals surface area contributed by atoms with Crippen molar-refractivity contribution in [2.75, 3.05) is 0 Å². The van der Waals surface area contributed by atoms with E-state index in [1.54, 1.807) is 0 Å². The average molecular weight is 272 g/mol. The molecule has 20 heavy (non-hydrogen) atoms. The molecule has 2 rings (SSSR count). The Labute approximate surface area is 118 Å². The van der Waals surface area contributed by atoms with Gasteiger partial charge in [-0.05, 0) is 25.3 Å². The van der Waals surface area contributed by atoms with Crippen molar-refractivity contribution in [2.45, 2.75) is 34.1 Å². The minimum Gasteiger partial charge on any atom is -0.451 e. The molecule has 106 valence electrons. The fraction of sp³-hybridized carbons (Fsp3) is 0.375. The third kappa shape index (κ3) is 2.74. The summed E-state index contributed by atoms with van der Waals surface area (Å²) in [6.07, 6.45) is 0.817. The van der Waals surface area contributed by atoms with E-state index in [4.69, 9.17) is 4.42 Å². The maximum absolute atomic E-state index is 12.2. The summed E-state index contributed by atoms with van der Waals surface area (Å²) in [5.41, 5.74) is 5.12. The van der Waals surface area contributed by atoms with Crippen LogP contribution in [0.3, 0.4) is 0 Å². The molecule has 0 aliphatic heterocycles. The average Bonchev–Trinajstić information content (AvgIpc) is 2.77. The summed E-state index contributed by atoms with van der Waals surface area (Å²) in [5, 5.41) is 5.15. The number of rotatable bonds is 4. The van der Waals surface area contributed by atoms with Gasteiger partial charge in [0.25, 0.3) is 0 Å². The van der Waals surface area contributed by atoms with Crippen LogP contribution in [0.15, 0.2) is 33.8 Å². The number of furan rings is 1. The summed E-state index contributed by atoms with van der Waals surface area (Å²) in [7, 11) is 0. The molecule has 0 aliphatic carbocycles. The molecule has 1 heterocycles. The van der Waals surface area contributed by atoms with E-state index in [0.717, 1.165) is 28.7 Å². The van der Waals surface area contributed by atoms with Gasteiger partial charge in [-0.2, -0.15) is 5.10 Å². The van der Waals surface area contributed by atoms with Crippen molar-refractivity contribution < 1.29 is 9.21 Å². The summed E-state index contributed by atoms with van der Waals surface area (Å²) in [6, 6.07) is 7.62. The van der Waals surface area contributed by atoms with Crippen LogP contribution in [0.2, 0.25) is 0 Å². The van der Waals surface area contributed by atoms with Crippen molar-refractivity contribution in [2.24, 2.45) is 11.0 Å². The number of aryl methyl sites for hydroxylation is 1. The van der Waals surface area contributed by atoms with Crippen LogP contribution >= 0.6 is 0 Å². The molecule has 0 spiro atoms. The zero-order valence-corrected chi connectivity index (χ0v) is 12.4. The van der Waals surface area contributed by atoms with Crippen molar-refractivity contribution in [1.29, 1.82) is 0 Å². The lowest BCUT2D eigenvalue weighted by Gasteiger charge is -2.07. The monoisotopic (exact) mass is 272 g/mol. The zero-order chi connectivity index (χ0) is 14.7. The zero-order valence-electron chi connectivity index (χ0n) is 12.4. The Kier molecular flexibility index (Phi) is 4.23. The molecule has 0 radical (unpaired) electrons. The normalized spacial score (nSPS) is 12.2. The number of hydrazone groups is 1. The molecule has 2 aromatic rings. The first-order chi connectivity index (χ1) is 9.54. The molecule has 1 aromatic carbocycles. The SMILES string of the molecule is CC/C(=N/NC(=O)c1oc2ccccc2c1C)C(C)C. The first kappa shape index (κ1) is 14.3. The van der Waals surface area contributed by atoms with Crippen molar-refractivity contribution >= 4 is 22.6 Å². The highest BCUT2D eigenvalue weighted by molar-refractivity contribution is 5.99. The van der Waals surface area contributed by atoms with Gasteiger partial charge in [-0.25, -0.2) is 5.43 Å². The van der Waals surface area contributed by atoms with E-state index in [1.807, 2.05) is 38.1 Å². The number of fused-ring (bicyclic) bond motifs is 1. The Morgan fingerprint density at radius 2 is 2.05 bits per heavy atom. The molecule has 0 fully saturated rings. The molecule has 0 bridgehead atoms. The van der Waals surface area contributed by atoms with E-state index in [1.165, 1.54) is 0 Å². The van der Waals surface area contributed by atoms with Gasteiger partial charge < -0.3 is 4.42 Å². The van der Waals surface area contributed by atoms with Gasteiger partial charge in [-0.15, -0.1) is 0 Å². The van der Waals surface area contributed by atoms with Gasteiger partial charge in [0.1, 0.15) is 5.58 Å². The molecule has 1 N–H and O–H groups in total. The Morgan fingerprint density at radius 1 is 1.35 bits per heavy atom. The van der Waals surface area contributed by atoms with Crippen LogP contribution in [0.4, 0.5) is 0 Å². The predicted octanol–water partition coefficient (Wildman–Crippen LogP) is 3.89. The molecule has 4 heteroatoms. The largest absolute Gasteiger partial charge is 0.451 e. The van der Waals surface area contributed by atoms with Gasteiger partial charge >= 0.3 is 5.91 Å². The van der Waals surface area contributed by atoms with Gasteiger partial charge in [0.2, 0.25) is 0 Å². The van der Waals surface area contributed by atoms with Crippen LogP contribution in [0, 0.1) is 12.8 Å². The first-order valence-electron chi connectivity index (χ1n) is 6.89. The van der Waals surface area contributed by atoms with Crippen molar-refractivity contribution in [3.63, 3.8) is 0 Å². The highest BCUT2D eigenvalue weighted by atomic mass is 16.3. The number of hydrogen-bond acceptors (Lipinski definition) is 3. The second-order valence-corrected chi connectivity index (χ2v) is 5.10. The second kappa shape index (κ2) is 5.90. The smallest absolute Gasteiger partial charge is 0.307 e. The number of amides is 1. The van der Waals surface area contributed by atoms with Crippen LogP contribution in [0.5, 0.6) is 0 Å². The molecular formula is C16H20N2O2. The lowest BCUT2D eigenvalue weighted by molar-refractivity contribution is 0.0928. The number of nitrogens with one attached hydrogen (secondary N) is 1. The van der Waals surface area contributed by atoms with Crippen LogP contribution < -0.4 is 5.43 Å². The van der Waals surface area contributed by atoms with Crippen LogP contribution in [0.1, 0.15) is 43.3 Å². The van der Waals surface area contributed by atoms with Crippen molar-refractivity contribution in [3.05, 3.63) is 35.6 Å². The van der Waals surface area contributed by atoms with Crippen LogP contribution in [0.25, 0.3) is 11.0 Å². The lowest BCUT2D eigenvalue weighted by Crippen LogP contribution is -2.21. The number of carbonyl (C=O) groups excluding carboxylic acids is 1. The number of benzene rings is 1. The third-order valence-corrected chi connectivity index (χ3v) is 3.38. The number of nitrogens with zero attached hydrogens (tertiary/aromatic N) is 1. The maximum atomic E-state index is 12.2. The van der Waals surface area contributed by atoms with E-state index in [-0.39, 0.29) is 5.91 Å². The van der Waals surface area contributed by atoms with Crippen LogP contribution in [-0.2, 0) is 0 Å². The number of hydrogen-bond donors (Lipinski definition) is 1. The van der Waals surface area contributed by atoms with Crippen molar-refractivity contribution in [3.8, 4) is 0 Å². The summed E-state index contributed by atoms with van der Waals surface area (Å²) in [4.78, 5) is 12.2. The van der Waals surface area contributed by atoms with E-state index in [0.29, 0.717) is 11.7 Å². The standard InChI is InChI=1S/C16H20N2O2/c1-5-13(10(2)3)17-18-16(19)15-11(4)12-8-6-7-9-14(12)20-15/h6-10H,5H2,1-4H3,(H,18,19)/b17-13-. The summed E-state index contributed by atoms with van der Waals surface area (Å²) >= 11 is 0. The minimum atomic E-state index is -0.301. The first-order valence-corrected chi connectivity index (χ1v) is 6.89. The maximum Gasteiger partial charge on any atom is 0.307 e. The molecule has 0 saturated heterocycles. The van der Waals surface area contributed by atoms with Crippen molar-refractivity contribution in [1.82, 2.24) is 5.43 Å². The fourth-order valence-corrected chi connectivity index (χ4v) is 2.18. The van der Waals surface area contributed by atoms with Gasteiger partial charge in [0.15, 0.2) is 5.76 Å². The van der Waals surface area contributed by atoms with E-state index in [2.05, 4.69) is 24.4 Å². The predicted molar refractivity (Wildman–Crippen MR) is 81.0 cm³/mol. The number of carbonyl (C=O) groups is 1. The van der Waals surface area contributed by atoms with Gasteiger partial charge in [0, 0.05) is 16.7 Å². The van der Waals surface area contributed by atoms with Gasteiger partial charge in [0.05, 0.1) is 0 Å². The molecule has 0 aliphatic rings. The Balaban J connectivity index is 2.26. The second-order valence-electron chi connectivity index (χ2n) is 5.10. The third-order valence-electron chi connectivity index (χ3n) is 3.38. The molecule has 1 aromatic heterocycles. The topological polar surface area (TPSA) is 54.6 Å². The Hall–Kier alpha value is -2.10. The van der Waals surface area contributed by atoms with E-state index < -0.39 is 0 Å². The Bertz CT molecular complexity index is 654. The number of para-hydroxylation sites is 1. The quantitative estimate of drug-likeness (QED) is 0.678. The molecule has 1 amide bonds. The van der Waals surface area contributed by atoms with Crippen LogP contribution in [-0.4, -0.2) is 11.6 Å². The Morgan fingerprint density at radius 3 is 2.65 bits per heavy atom. The molecule has 0 atom stereocenters. The summed E-state index contributed by atoms with van der Waals surface area (Å²) < 4.78 is 5.61. The minimum absolute atomic E-state index is 0.301. The summed E-state index contributed by atoms with van der Waals surface area (Å²) in [5.74, 6) is 0.344.